The molecule has 104 valence electrons. The predicted octanol–water partition coefficient (Wildman–Crippen LogP) is 2.46. The topological polar surface area (TPSA) is 41.1 Å². The van der Waals surface area contributed by atoms with Crippen LogP contribution in [0.15, 0.2) is 0 Å². The van der Waals surface area contributed by atoms with Crippen LogP contribution in [0, 0.1) is 11.8 Å². The van der Waals surface area contributed by atoms with Crippen LogP contribution >= 0.6 is 0 Å². The molecule has 18 heavy (non-hydrogen) atoms. The maximum Gasteiger partial charge on any atom is 0.237 e. The van der Waals surface area contributed by atoms with Crippen molar-refractivity contribution in [2.75, 3.05) is 6.54 Å². The summed E-state index contributed by atoms with van der Waals surface area (Å²) in [4.78, 5) is 12.3. The standard InChI is InChI=1S/C15H28N2O/c1-3-12-6-8-13(9-7-12)17-15(18)14-11(2)5-4-10-16-14/h11-14,16H,3-10H2,1-2H3,(H,17,18). The van der Waals surface area contributed by atoms with Gasteiger partial charge in [0.1, 0.15) is 0 Å². The van der Waals surface area contributed by atoms with Crippen LogP contribution in [0.2, 0.25) is 0 Å². The van der Waals surface area contributed by atoms with E-state index in [-0.39, 0.29) is 11.9 Å². The van der Waals surface area contributed by atoms with Crippen molar-refractivity contribution in [2.45, 2.75) is 70.9 Å². The van der Waals surface area contributed by atoms with E-state index < -0.39 is 0 Å². The monoisotopic (exact) mass is 252 g/mol. The summed E-state index contributed by atoms with van der Waals surface area (Å²) in [6, 6.07) is 0.471. The lowest BCUT2D eigenvalue weighted by molar-refractivity contribution is -0.125. The van der Waals surface area contributed by atoms with E-state index >= 15 is 0 Å². The first-order valence-electron chi connectivity index (χ1n) is 7.74. The number of hydrogen-bond acceptors (Lipinski definition) is 2. The number of hydrogen-bond donors (Lipinski definition) is 2. The Hall–Kier alpha value is -0.570. The van der Waals surface area contributed by atoms with Gasteiger partial charge in [0.15, 0.2) is 0 Å². The van der Waals surface area contributed by atoms with Gasteiger partial charge >= 0.3 is 0 Å². The fraction of sp³-hybridized carbons (Fsp3) is 0.933. The van der Waals surface area contributed by atoms with Crippen molar-refractivity contribution >= 4 is 5.91 Å². The molecule has 1 amide bonds. The molecule has 0 radical (unpaired) electrons. The molecule has 0 spiro atoms. The minimum atomic E-state index is 0.0441. The van der Waals surface area contributed by atoms with E-state index in [4.69, 9.17) is 0 Å². The Morgan fingerprint density at radius 3 is 2.56 bits per heavy atom. The van der Waals surface area contributed by atoms with E-state index in [9.17, 15) is 4.79 Å². The molecule has 3 nitrogen and oxygen atoms in total. The normalized spacial score (nSPS) is 37.2. The Balaban J connectivity index is 1.77. The van der Waals surface area contributed by atoms with Crippen LogP contribution < -0.4 is 10.6 Å². The molecule has 1 heterocycles. The number of rotatable bonds is 3. The van der Waals surface area contributed by atoms with Gasteiger partial charge in [-0.15, -0.1) is 0 Å². The van der Waals surface area contributed by atoms with Crippen molar-refractivity contribution in [2.24, 2.45) is 11.8 Å². The van der Waals surface area contributed by atoms with Gasteiger partial charge in [0, 0.05) is 6.04 Å². The molecule has 2 aliphatic rings. The molecule has 2 rings (SSSR count). The van der Waals surface area contributed by atoms with E-state index in [1.807, 2.05) is 0 Å². The Labute approximate surface area is 111 Å². The Bertz CT molecular complexity index is 272. The Kier molecular flexibility index (Phi) is 5.04. The number of piperidine rings is 1. The third kappa shape index (κ3) is 3.47. The molecule has 2 unspecified atom stereocenters. The highest BCUT2D eigenvalue weighted by Gasteiger charge is 2.29. The Morgan fingerprint density at radius 1 is 1.22 bits per heavy atom. The second-order valence-corrected chi connectivity index (χ2v) is 6.19. The van der Waals surface area contributed by atoms with Crippen LogP contribution in [0.5, 0.6) is 0 Å². The van der Waals surface area contributed by atoms with Crippen LogP contribution in [0.3, 0.4) is 0 Å². The fourth-order valence-electron chi connectivity index (χ4n) is 3.41. The highest BCUT2D eigenvalue weighted by molar-refractivity contribution is 5.82. The molecule has 2 fully saturated rings. The quantitative estimate of drug-likeness (QED) is 0.810. The summed E-state index contributed by atoms with van der Waals surface area (Å²) in [5, 5.41) is 6.63. The average molecular weight is 252 g/mol. The predicted molar refractivity (Wildman–Crippen MR) is 74.4 cm³/mol. The van der Waals surface area contributed by atoms with Crippen molar-refractivity contribution in [3.63, 3.8) is 0 Å². The highest BCUT2D eigenvalue weighted by atomic mass is 16.2. The van der Waals surface area contributed by atoms with E-state index in [1.54, 1.807) is 0 Å². The number of carbonyl (C=O) groups is 1. The van der Waals surface area contributed by atoms with Crippen LogP contribution in [0.4, 0.5) is 0 Å². The Morgan fingerprint density at radius 2 is 1.94 bits per heavy atom. The SMILES string of the molecule is CCC1CCC(NC(=O)C2NCCCC2C)CC1. The van der Waals surface area contributed by atoms with Crippen LogP contribution in [-0.4, -0.2) is 24.5 Å². The fourth-order valence-corrected chi connectivity index (χ4v) is 3.41. The molecule has 3 heteroatoms. The molecular weight excluding hydrogens is 224 g/mol. The molecule has 1 saturated carbocycles. The first-order chi connectivity index (χ1) is 8.70. The maximum absolute atomic E-state index is 12.3. The van der Waals surface area contributed by atoms with Gasteiger partial charge in [0.05, 0.1) is 6.04 Å². The van der Waals surface area contributed by atoms with Crippen molar-refractivity contribution in [3.8, 4) is 0 Å². The van der Waals surface area contributed by atoms with Gasteiger partial charge in [-0.1, -0.05) is 20.3 Å². The van der Waals surface area contributed by atoms with Crippen LogP contribution in [-0.2, 0) is 4.79 Å². The highest BCUT2D eigenvalue weighted by Crippen LogP contribution is 2.26. The zero-order chi connectivity index (χ0) is 13.0. The van der Waals surface area contributed by atoms with Gasteiger partial charge in [0.25, 0.3) is 0 Å². The van der Waals surface area contributed by atoms with Gasteiger partial charge in [-0.3, -0.25) is 4.79 Å². The molecule has 0 bridgehead atoms. The number of amides is 1. The van der Waals surface area contributed by atoms with Crippen LogP contribution in [0.1, 0.15) is 58.8 Å². The third-order valence-electron chi connectivity index (χ3n) is 4.82. The first kappa shape index (κ1) is 13.9. The van der Waals surface area contributed by atoms with E-state index in [0.717, 1.165) is 12.5 Å². The van der Waals surface area contributed by atoms with Crippen molar-refractivity contribution in [3.05, 3.63) is 0 Å². The van der Waals surface area contributed by atoms with Crippen molar-refractivity contribution < 1.29 is 4.79 Å². The number of nitrogens with one attached hydrogen (secondary N) is 2. The smallest absolute Gasteiger partial charge is 0.237 e. The summed E-state index contributed by atoms with van der Waals surface area (Å²) in [6.45, 7) is 5.45. The van der Waals surface area contributed by atoms with Crippen LogP contribution in [0.25, 0.3) is 0 Å². The molecule has 2 atom stereocenters. The average Bonchev–Trinajstić information content (AvgIpc) is 2.40. The molecule has 2 N–H and O–H groups in total. The zero-order valence-corrected chi connectivity index (χ0v) is 11.9. The minimum absolute atomic E-state index is 0.0441. The lowest BCUT2D eigenvalue weighted by Crippen LogP contribution is -2.53. The largest absolute Gasteiger partial charge is 0.352 e. The summed E-state index contributed by atoms with van der Waals surface area (Å²) >= 11 is 0. The molecule has 1 aliphatic carbocycles. The molecule has 0 aromatic carbocycles. The zero-order valence-electron chi connectivity index (χ0n) is 11.9. The molecule has 0 aromatic heterocycles. The summed E-state index contributed by atoms with van der Waals surface area (Å²) < 4.78 is 0. The van der Waals surface area contributed by atoms with Gasteiger partial charge in [0.2, 0.25) is 5.91 Å². The lowest BCUT2D eigenvalue weighted by atomic mass is 9.84. The van der Waals surface area contributed by atoms with Gasteiger partial charge < -0.3 is 10.6 Å². The van der Waals surface area contributed by atoms with E-state index in [0.29, 0.717) is 12.0 Å². The third-order valence-corrected chi connectivity index (χ3v) is 4.82. The summed E-state index contributed by atoms with van der Waals surface area (Å²) in [7, 11) is 0. The summed E-state index contributed by atoms with van der Waals surface area (Å²) in [5.41, 5.74) is 0. The van der Waals surface area contributed by atoms with E-state index in [2.05, 4.69) is 24.5 Å². The van der Waals surface area contributed by atoms with Gasteiger partial charge in [-0.05, 0) is 56.9 Å². The molecule has 0 aromatic rings. The minimum Gasteiger partial charge on any atom is -0.352 e. The second-order valence-electron chi connectivity index (χ2n) is 6.19. The summed E-state index contributed by atoms with van der Waals surface area (Å²) in [6.07, 6.45) is 8.59. The lowest BCUT2D eigenvalue weighted by Gasteiger charge is -2.33. The molecule has 1 saturated heterocycles. The van der Waals surface area contributed by atoms with Crippen molar-refractivity contribution in [1.82, 2.24) is 10.6 Å². The van der Waals surface area contributed by atoms with Gasteiger partial charge in [-0.2, -0.15) is 0 Å². The van der Waals surface area contributed by atoms with Crippen molar-refractivity contribution in [1.29, 1.82) is 0 Å². The maximum atomic E-state index is 12.3. The van der Waals surface area contributed by atoms with Gasteiger partial charge in [-0.25, -0.2) is 0 Å². The molecule has 1 aliphatic heterocycles. The van der Waals surface area contributed by atoms with E-state index in [1.165, 1.54) is 44.9 Å². The number of carbonyl (C=O) groups excluding carboxylic acids is 1. The first-order valence-corrected chi connectivity index (χ1v) is 7.74. The second kappa shape index (κ2) is 6.55. The summed E-state index contributed by atoms with van der Waals surface area (Å²) in [5.74, 6) is 1.61. The molecular formula is C15H28N2O.